The minimum absolute atomic E-state index is 0.0420. The zero-order valence-corrected chi connectivity index (χ0v) is 10.7. The maximum atomic E-state index is 11.0. The second-order valence-corrected chi connectivity index (χ2v) is 4.22. The molecule has 15 heavy (non-hydrogen) atoms. The van der Waals surface area contributed by atoms with E-state index in [1.54, 1.807) is 0 Å². The molecule has 82 valence electrons. The molecule has 0 aromatic heterocycles. The molecule has 0 aliphatic heterocycles. The molecule has 1 aromatic carbocycles. The third kappa shape index (κ3) is 4.04. The Labute approximate surface area is 99.2 Å². The summed E-state index contributed by atoms with van der Waals surface area (Å²) in [6.45, 7) is 4.88. The summed E-state index contributed by atoms with van der Waals surface area (Å²) >= 11 is 3.12. The van der Waals surface area contributed by atoms with Crippen molar-refractivity contribution in [3.05, 3.63) is 34.9 Å². The molecule has 0 atom stereocenters. The monoisotopic (exact) mass is 269 g/mol. The van der Waals surface area contributed by atoms with Crippen LogP contribution < -0.4 is 5.32 Å². The van der Waals surface area contributed by atoms with Crippen LogP contribution >= 0.6 is 15.9 Å². The first kappa shape index (κ1) is 12.2. The van der Waals surface area contributed by atoms with Crippen LogP contribution in [0.2, 0.25) is 0 Å². The summed E-state index contributed by atoms with van der Waals surface area (Å²) < 4.78 is 0. The zero-order chi connectivity index (χ0) is 11.3. The molecule has 1 amide bonds. The third-order valence-electron chi connectivity index (χ3n) is 2.34. The van der Waals surface area contributed by atoms with Gasteiger partial charge >= 0.3 is 0 Å². The van der Waals surface area contributed by atoms with Crippen molar-refractivity contribution in [2.75, 3.05) is 11.9 Å². The van der Waals surface area contributed by atoms with Gasteiger partial charge < -0.3 is 5.32 Å². The molecule has 0 bridgehead atoms. The van der Waals surface area contributed by atoms with Crippen molar-refractivity contribution in [1.29, 1.82) is 0 Å². The third-order valence-corrected chi connectivity index (χ3v) is 2.85. The van der Waals surface area contributed by atoms with Crippen molar-refractivity contribution in [3.8, 4) is 0 Å². The van der Waals surface area contributed by atoms with Gasteiger partial charge in [0.05, 0.1) is 5.33 Å². The first-order valence-electron chi connectivity index (χ1n) is 5.02. The molecule has 1 aromatic rings. The first-order chi connectivity index (χ1) is 7.13. The highest BCUT2D eigenvalue weighted by atomic mass is 79.9. The largest absolute Gasteiger partial charge is 0.355 e. The summed E-state index contributed by atoms with van der Waals surface area (Å²) in [5, 5.41) is 3.22. The van der Waals surface area contributed by atoms with E-state index in [4.69, 9.17) is 0 Å². The van der Waals surface area contributed by atoms with Crippen molar-refractivity contribution >= 4 is 21.8 Å². The summed E-state index contributed by atoms with van der Waals surface area (Å²) in [6.07, 6.45) is 0.895. The van der Waals surface area contributed by atoms with Crippen LogP contribution in [0.15, 0.2) is 18.2 Å². The predicted molar refractivity (Wildman–Crippen MR) is 66.4 cm³/mol. The SMILES string of the molecule is Cc1ccc(C)c(CCNC(=O)CBr)c1. The number of hydrogen-bond acceptors (Lipinski definition) is 1. The standard InChI is InChI=1S/C12H16BrNO/c1-9-3-4-10(2)11(7-9)5-6-14-12(15)8-13/h3-4,7H,5-6,8H2,1-2H3,(H,14,15). The summed E-state index contributed by atoms with van der Waals surface area (Å²) in [7, 11) is 0. The van der Waals surface area contributed by atoms with Crippen LogP contribution in [0, 0.1) is 13.8 Å². The number of halogens is 1. The molecule has 0 saturated heterocycles. The van der Waals surface area contributed by atoms with Gasteiger partial charge in [0.1, 0.15) is 0 Å². The van der Waals surface area contributed by atoms with E-state index < -0.39 is 0 Å². The molecule has 0 heterocycles. The fourth-order valence-corrected chi connectivity index (χ4v) is 1.65. The maximum Gasteiger partial charge on any atom is 0.230 e. The van der Waals surface area contributed by atoms with Gasteiger partial charge in [0.2, 0.25) is 5.91 Å². The predicted octanol–water partition coefficient (Wildman–Crippen LogP) is 2.36. The van der Waals surface area contributed by atoms with Crippen LogP contribution in [0.1, 0.15) is 16.7 Å². The lowest BCUT2D eigenvalue weighted by Crippen LogP contribution is -2.26. The van der Waals surface area contributed by atoms with E-state index in [0.29, 0.717) is 11.9 Å². The van der Waals surface area contributed by atoms with E-state index in [9.17, 15) is 4.79 Å². The fraction of sp³-hybridized carbons (Fsp3) is 0.417. The number of alkyl halides is 1. The van der Waals surface area contributed by atoms with Gasteiger partial charge in [-0.05, 0) is 31.4 Å². The Morgan fingerprint density at radius 1 is 1.40 bits per heavy atom. The molecular formula is C12H16BrNO. The number of carbonyl (C=O) groups is 1. The fourth-order valence-electron chi connectivity index (χ4n) is 1.45. The maximum absolute atomic E-state index is 11.0. The second-order valence-electron chi connectivity index (χ2n) is 3.66. The average molecular weight is 270 g/mol. The van der Waals surface area contributed by atoms with Crippen LogP contribution in [0.5, 0.6) is 0 Å². The molecular weight excluding hydrogens is 254 g/mol. The average Bonchev–Trinajstić information content (AvgIpc) is 2.23. The van der Waals surface area contributed by atoms with Crippen LogP contribution in [0.4, 0.5) is 0 Å². The lowest BCUT2D eigenvalue weighted by molar-refractivity contribution is -0.118. The molecule has 0 aliphatic rings. The van der Waals surface area contributed by atoms with Gasteiger partial charge in [-0.1, -0.05) is 39.7 Å². The minimum Gasteiger partial charge on any atom is -0.355 e. The minimum atomic E-state index is 0.0420. The normalized spacial score (nSPS) is 10.1. The van der Waals surface area contributed by atoms with Gasteiger partial charge in [0, 0.05) is 6.54 Å². The van der Waals surface area contributed by atoms with E-state index in [2.05, 4.69) is 53.3 Å². The lowest BCUT2D eigenvalue weighted by Gasteiger charge is -2.07. The van der Waals surface area contributed by atoms with E-state index >= 15 is 0 Å². The molecule has 0 unspecified atom stereocenters. The lowest BCUT2D eigenvalue weighted by atomic mass is 10.0. The molecule has 1 N–H and O–H groups in total. The van der Waals surface area contributed by atoms with Crippen LogP contribution in [0.25, 0.3) is 0 Å². The first-order valence-corrected chi connectivity index (χ1v) is 6.14. The van der Waals surface area contributed by atoms with Crippen molar-refractivity contribution < 1.29 is 4.79 Å². The van der Waals surface area contributed by atoms with Gasteiger partial charge in [-0.3, -0.25) is 4.79 Å². The number of amides is 1. The highest BCUT2D eigenvalue weighted by Crippen LogP contribution is 2.10. The number of rotatable bonds is 4. The molecule has 1 rings (SSSR count). The molecule has 0 aliphatic carbocycles. The number of nitrogens with one attached hydrogen (secondary N) is 1. The van der Waals surface area contributed by atoms with Crippen molar-refractivity contribution in [2.24, 2.45) is 0 Å². The van der Waals surface area contributed by atoms with Gasteiger partial charge in [-0.15, -0.1) is 0 Å². The number of benzene rings is 1. The van der Waals surface area contributed by atoms with Gasteiger partial charge in [-0.2, -0.15) is 0 Å². The Balaban J connectivity index is 2.50. The Hall–Kier alpha value is -0.830. The topological polar surface area (TPSA) is 29.1 Å². The van der Waals surface area contributed by atoms with Gasteiger partial charge in [0.15, 0.2) is 0 Å². The molecule has 0 radical (unpaired) electrons. The van der Waals surface area contributed by atoms with Crippen molar-refractivity contribution in [3.63, 3.8) is 0 Å². The Kier molecular flexibility index (Phi) is 4.82. The zero-order valence-electron chi connectivity index (χ0n) is 9.14. The van der Waals surface area contributed by atoms with Crippen LogP contribution in [-0.4, -0.2) is 17.8 Å². The van der Waals surface area contributed by atoms with Crippen molar-refractivity contribution in [1.82, 2.24) is 5.32 Å². The molecule has 3 heteroatoms. The summed E-state index contributed by atoms with van der Waals surface area (Å²) in [5.74, 6) is 0.0420. The van der Waals surface area contributed by atoms with E-state index in [0.717, 1.165) is 6.42 Å². The quantitative estimate of drug-likeness (QED) is 0.836. The molecule has 0 spiro atoms. The Morgan fingerprint density at radius 2 is 2.13 bits per heavy atom. The molecule has 0 saturated carbocycles. The van der Waals surface area contributed by atoms with Crippen molar-refractivity contribution in [2.45, 2.75) is 20.3 Å². The van der Waals surface area contributed by atoms with Gasteiger partial charge in [-0.25, -0.2) is 0 Å². The summed E-state index contributed by atoms with van der Waals surface area (Å²) in [4.78, 5) is 11.0. The summed E-state index contributed by atoms with van der Waals surface area (Å²) in [5.41, 5.74) is 3.86. The molecule has 2 nitrogen and oxygen atoms in total. The van der Waals surface area contributed by atoms with E-state index in [1.165, 1.54) is 16.7 Å². The number of aryl methyl sites for hydroxylation is 2. The highest BCUT2D eigenvalue weighted by molar-refractivity contribution is 9.09. The van der Waals surface area contributed by atoms with Gasteiger partial charge in [0.25, 0.3) is 0 Å². The molecule has 0 fully saturated rings. The van der Waals surface area contributed by atoms with Crippen LogP contribution in [0.3, 0.4) is 0 Å². The Bertz CT molecular complexity index is 349. The smallest absolute Gasteiger partial charge is 0.230 e. The van der Waals surface area contributed by atoms with E-state index in [1.807, 2.05) is 0 Å². The van der Waals surface area contributed by atoms with E-state index in [-0.39, 0.29) is 5.91 Å². The number of carbonyl (C=O) groups excluding carboxylic acids is 1. The Morgan fingerprint density at radius 3 is 2.80 bits per heavy atom. The number of hydrogen-bond donors (Lipinski definition) is 1. The highest BCUT2D eigenvalue weighted by Gasteiger charge is 2.00. The second kappa shape index (κ2) is 5.91. The summed E-state index contributed by atoms with van der Waals surface area (Å²) in [6, 6.07) is 6.41. The van der Waals surface area contributed by atoms with Crippen LogP contribution in [-0.2, 0) is 11.2 Å².